The van der Waals surface area contributed by atoms with Crippen molar-refractivity contribution in [3.63, 3.8) is 0 Å². The number of aliphatic hydroxyl groups excluding tert-OH is 1. The Morgan fingerprint density at radius 1 is 1.63 bits per heavy atom. The van der Waals surface area contributed by atoms with E-state index in [1.807, 2.05) is 0 Å². The fourth-order valence-electron chi connectivity index (χ4n) is 2.29. The molecular formula is C12H17F2N3O2. The van der Waals surface area contributed by atoms with E-state index in [0.29, 0.717) is 13.1 Å². The Morgan fingerprint density at radius 2 is 2.37 bits per heavy atom. The molecule has 1 saturated heterocycles. The molecular weight excluding hydrogens is 256 g/mol. The summed E-state index contributed by atoms with van der Waals surface area (Å²) in [6, 6.07) is 2.74. The second-order valence-corrected chi connectivity index (χ2v) is 4.65. The van der Waals surface area contributed by atoms with Gasteiger partial charge in [-0.25, -0.2) is 8.78 Å². The molecule has 0 bridgehead atoms. The Balaban J connectivity index is 2.13. The van der Waals surface area contributed by atoms with Crippen LogP contribution in [0.2, 0.25) is 0 Å². The Bertz CT molecular complexity index is 450. The van der Waals surface area contributed by atoms with Crippen LogP contribution in [0.15, 0.2) is 18.3 Å². The maximum Gasteiger partial charge on any atom is 0.270 e. The van der Waals surface area contributed by atoms with Crippen molar-refractivity contribution in [3.05, 3.63) is 24.0 Å². The zero-order chi connectivity index (χ0) is 14.0. The van der Waals surface area contributed by atoms with Gasteiger partial charge in [-0.15, -0.1) is 0 Å². The van der Waals surface area contributed by atoms with Crippen LogP contribution in [0.5, 0.6) is 0 Å². The van der Waals surface area contributed by atoms with Crippen molar-refractivity contribution in [2.75, 3.05) is 20.1 Å². The van der Waals surface area contributed by atoms with Crippen molar-refractivity contribution < 1.29 is 18.7 Å². The third-order valence-electron chi connectivity index (χ3n) is 3.35. The molecule has 1 aromatic heterocycles. The zero-order valence-electron chi connectivity index (χ0n) is 10.6. The highest BCUT2D eigenvalue weighted by molar-refractivity contribution is 5.92. The van der Waals surface area contributed by atoms with Crippen LogP contribution >= 0.6 is 0 Å². The number of hydrogen-bond donors (Lipinski definition) is 2. The predicted octanol–water partition coefficient (Wildman–Crippen LogP) is 0.158. The van der Waals surface area contributed by atoms with Crippen molar-refractivity contribution in [1.82, 2.24) is 14.8 Å². The van der Waals surface area contributed by atoms with E-state index >= 15 is 0 Å². The number of nitrogens with one attached hydrogen (secondary N) is 1. The van der Waals surface area contributed by atoms with Gasteiger partial charge in [-0.2, -0.15) is 0 Å². The van der Waals surface area contributed by atoms with Gasteiger partial charge in [0, 0.05) is 26.3 Å². The minimum absolute atomic E-state index is 0.210. The SMILES string of the molecule is CN(C(=O)c1cccn1CC(F)F)[C@@H]1CNC[C@H]1O. The number of aliphatic hydroxyl groups is 1. The lowest BCUT2D eigenvalue weighted by molar-refractivity contribution is 0.0564. The molecule has 2 heterocycles. The fourth-order valence-corrected chi connectivity index (χ4v) is 2.29. The summed E-state index contributed by atoms with van der Waals surface area (Å²) in [6.07, 6.45) is -1.69. The van der Waals surface area contributed by atoms with Crippen molar-refractivity contribution in [3.8, 4) is 0 Å². The van der Waals surface area contributed by atoms with E-state index in [1.165, 1.54) is 21.7 Å². The highest BCUT2D eigenvalue weighted by atomic mass is 19.3. The number of carbonyl (C=O) groups excluding carboxylic acids is 1. The second-order valence-electron chi connectivity index (χ2n) is 4.65. The van der Waals surface area contributed by atoms with Crippen molar-refractivity contribution in [2.45, 2.75) is 25.1 Å². The van der Waals surface area contributed by atoms with E-state index in [0.717, 1.165) is 0 Å². The van der Waals surface area contributed by atoms with Crippen LogP contribution in [0.3, 0.4) is 0 Å². The van der Waals surface area contributed by atoms with Gasteiger partial charge in [0.15, 0.2) is 0 Å². The smallest absolute Gasteiger partial charge is 0.270 e. The minimum atomic E-state index is -2.51. The van der Waals surface area contributed by atoms with Crippen molar-refractivity contribution >= 4 is 5.91 Å². The van der Waals surface area contributed by atoms with Gasteiger partial charge in [-0.1, -0.05) is 0 Å². The summed E-state index contributed by atoms with van der Waals surface area (Å²) in [6.45, 7) is 0.423. The van der Waals surface area contributed by atoms with Crippen LogP contribution in [-0.2, 0) is 6.54 Å². The third kappa shape index (κ3) is 2.93. The molecule has 2 N–H and O–H groups in total. The van der Waals surface area contributed by atoms with Gasteiger partial charge < -0.3 is 19.9 Å². The maximum atomic E-state index is 12.4. The highest BCUT2D eigenvalue weighted by Gasteiger charge is 2.32. The van der Waals surface area contributed by atoms with E-state index in [4.69, 9.17) is 0 Å². The van der Waals surface area contributed by atoms with E-state index in [2.05, 4.69) is 5.32 Å². The largest absolute Gasteiger partial charge is 0.390 e. The predicted molar refractivity (Wildman–Crippen MR) is 65.2 cm³/mol. The molecule has 1 amide bonds. The van der Waals surface area contributed by atoms with E-state index in [-0.39, 0.29) is 17.6 Å². The number of alkyl halides is 2. The molecule has 0 radical (unpaired) electrons. The molecule has 1 aromatic rings. The van der Waals surface area contributed by atoms with Crippen LogP contribution in [0.25, 0.3) is 0 Å². The van der Waals surface area contributed by atoms with Gasteiger partial charge in [0.25, 0.3) is 12.3 Å². The van der Waals surface area contributed by atoms with Gasteiger partial charge in [-0.3, -0.25) is 4.79 Å². The number of hydrogen-bond acceptors (Lipinski definition) is 3. The molecule has 2 atom stereocenters. The summed E-state index contributed by atoms with van der Waals surface area (Å²) in [7, 11) is 1.57. The third-order valence-corrected chi connectivity index (χ3v) is 3.35. The van der Waals surface area contributed by atoms with E-state index in [1.54, 1.807) is 13.1 Å². The van der Waals surface area contributed by atoms with Crippen LogP contribution in [-0.4, -0.2) is 59.2 Å². The quantitative estimate of drug-likeness (QED) is 0.821. The summed E-state index contributed by atoms with van der Waals surface area (Å²) in [5, 5.41) is 12.7. The number of β-amino-alcohol motifs (C(OH)–C–C–N with tert-alkyl or cyclic N) is 1. The first-order valence-corrected chi connectivity index (χ1v) is 6.10. The van der Waals surface area contributed by atoms with Gasteiger partial charge in [0.1, 0.15) is 5.69 Å². The van der Waals surface area contributed by atoms with Crippen LogP contribution in [0.1, 0.15) is 10.5 Å². The molecule has 0 unspecified atom stereocenters. The Kier molecular flexibility index (Phi) is 4.16. The maximum absolute atomic E-state index is 12.4. The second kappa shape index (κ2) is 5.66. The van der Waals surface area contributed by atoms with Crippen molar-refractivity contribution in [2.24, 2.45) is 0 Å². The molecule has 1 aliphatic heterocycles. The standard InChI is InChI=1S/C12H17F2N3O2/c1-16(9-5-15-6-10(9)18)12(19)8-3-2-4-17(8)7-11(13)14/h2-4,9-11,15,18H,5-7H2,1H3/t9-,10-/m1/s1. The Labute approximate surface area is 109 Å². The molecule has 0 saturated carbocycles. The van der Waals surface area contributed by atoms with Gasteiger partial charge in [0.2, 0.25) is 0 Å². The molecule has 2 rings (SSSR count). The lowest BCUT2D eigenvalue weighted by Crippen LogP contribution is -2.44. The normalized spacial score (nSPS) is 23.0. The number of halogens is 2. The average Bonchev–Trinajstić information content (AvgIpc) is 2.95. The van der Waals surface area contributed by atoms with Crippen LogP contribution < -0.4 is 5.32 Å². The number of rotatable bonds is 4. The minimum Gasteiger partial charge on any atom is -0.390 e. The molecule has 0 spiro atoms. The highest BCUT2D eigenvalue weighted by Crippen LogP contribution is 2.14. The number of amides is 1. The lowest BCUT2D eigenvalue weighted by Gasteiger charge is -2.26. The monoisotopic (exact) mass is 273 g/mol. The average molecular weight is 273 g/mol. The summed E-state index contributed by atoms with van der Waals surface area (Å²) < 4.78 is 26.1. The van der Waals surface area contributed by atoms with Gasteiger partial charge in [0.05, 0.1) is 18.7 Å². The first kappa shape index (κ1) is 14.0. The molecule has 5 nitrogen and oxygen atoms in total. The first-order chi connectivity index (χ1) is 9.00. The van der Waals surface area contributed by atoms with Gasteiger partial charge >= 0.3 is 0 Å². The van der Waals surface area contributed by atoms with E-state index < -0.39 is 19.1 Å². The molecule has 1 aliphatic rings. The van der Waals surface area contributed by atoms with Gasteiger partial charge in [-0.05, 0) is 12.1 Å². The Hall–Kier alpha value is -1.47. The number of nitrogens with zero attached hydrogens (tertiary/aromatic N) is 2. The molecule has 106 valence electrons. The Morgan fingerprint density at radius 3 is 2.95 bits per heavy atom. The molecule has 19 heavy (non-hydrogen) atoms. The van der Waals surface area contributed by atoms with Crippen molar-refractivity contribution in [1.29, 1.82) is 0 Å². The summed E-state index contributed by atoms with van der Waals surface area (Å²) in [5.74, 6) is -0.363. The molecule has 0 aromatic carbocycles. The zero-order valence-corrected chi connectivity index (χ0v) is 10.6. The van der Waals surface area contributed by atoms with Crippen LogP contribution in [0.4, 0.5) is 8.78 Å². The topological polar surface area (TPSA) is 57.5 Å². The molecule has 0 aliphatic carbocycles. The summed E-state index contributed by atoms with van der Waals surface area (Å²) in [5.41, 5.74) is 0.210. The fraction of sp³-hybridized carbons (Fsp3) is 0.583. The first-order valence-electron chi connectivity index (χ1n) is 6.10. The molecule has 1 fully saturated rings. The lowest BCUT2D eigenvalue weighted by atomic mass is 10.2. The number of likely N-dealkylation sites (N-methyl/N-ethyl adjacent to an activating group) is 1. The summed E-state index contributed by atoms with van der Waals surface area (Å²) >= 11 is 0. The number of aromatic nitrogens is 1. The van der Waals surface area contributed by atoms with Crippen LogP contribution in [0, 0.1) is 0 Å². The summed E-state index contributed by atoms with van der Waals surface area (Å²) in [4.78, 5) is 13.7. The number of carbonyl (C=O) groups is 1. The van der Waals surface area contributed by atoms with E-state index in [9.17, 15) is 18.7 Å². The molecule has 7 heteroatoms.